The Labute approximate surface area is 171 Å². The second-order valence-corrected chi connectivity index (χ2v) is 9.35. The summed E-state index contributed by atoms with van der Waals surface area (Å²) in [7, 11) is -3.63. The third-order valence-electron chi connectivity index (χ3n) is 5.06. The predicted octanol–water partition coefficient (Wildman–Crippen LogP) is 3.44. The van der Waals surface area contributed by atoms with Gasteiger partial charge >= 0.3 is 5.97 Å². The van der Waals surface area contributed by atoms with E-state index in [-0.39, 0.29) is 16.2 Å². The summed E-state index contributed by atoms with van der Waals surface area (Å²) in [5, 5.41) is 0. The Morgan fingerprint density at radius 1 is 1.00 bits per heavy atom. The minimum Gasteiger partial charge on any atom is -0.454 e. The van der Waals surface area contributed by atoms with E-state index in [1.54, 1.807) is 0 Å². The molecule has 0 unspecified atom stereocenters. The monoisotopic (exact) mass is 415 g/mol. The minimum atomic E-state index is -3.63. The molecule has 0 aromatic heterocycles. The topological polar surface area (TPSA) is 80.8 Å². The summed E-state index contributed by atoms with van der Waals surface area (Å²) < 4.78 is 32.0. The number of ketones is 1. The molecule has 2 aromatic carbocycles. The van der Waals surface area contributed by atoms with Crippen LogP contribution in [0.25, 0.3) is 0 Å². The average Bonchev–Trinajstić information content (AvgIpc) is 3.21. The second kappa shape index (κ2) is 8.47. The van der Waals surface area contributed by atoms with Gasteiger partial charge in [0.1, 0.15) is 0 Å². The number of nitrogens with zero attached hydrogens (tertiary/aromatic N) is 1. The summed E-state index contributed by atoms with van der Waals surface area (Å²) in [5.74, 6) is -1.01. The summed E-state index contributed by atoms with van der Waals surface area (Å²) in [4.78, 5) is 25.0. The zero-order valence-electron chi connectivity index (χ0n) is 16.9. The standard InChI is InChI=1S/C22H25NO5S/c1-15-11-16(2)21(17(3)12-15)20(24)14-28-22(25)18-7-6-8-19(13-18)29(26,27)23-9-4-5-10-23/h6-8,11-13H,4-5,9-10,14H2,1-3H3. The molecular weight excluding hydrogens is 390 g/mol. The molecule has 1 heterocycles. The van der Waals surface area contributed by atoms with Gasteiger partial charge in [-0.25, -0.2) is 13.2 Å². The van der Waals surface area contributed by atoms with Crippen molar-refractivity contribution in [1.29, 1.82) is 0 Å². The number of hydrogen-bond acceptors (Lipinski definition) is 5. The van der Waals surface area contributed by atoms with Crippen molar-refractivity contribution < 1.29 is 22.7 Å². The number of carbonyl (C=O) groups is 2. The van der Waals surface area contributed by atoms with Crippen LogP contribution in [0.3, 0.4) is 0 Å². The van der Waals surface area contributed by atoms with Gasteiger partial charge in [-0.2, -0.15) is 4.31 Å². The van der Waals surface area contributed by atoms with Crippen molar-refractivity contribution in [2.45, 2.75) is 38.5 Å². The molecule has 1 saturated heterocycles. The van der Waals surface area contributed by atoms with Gasteiger partial charge in [0.05, 0.1) is 10.5 Å². The van der Waals surface area contributed by atoms with Crippen LogP contribution in [-0.4, -0.2) is 44.2 Å². The fraction of sp³-hybridized carbons (Fsp3) is 0.364. The van der Waals surface area contributed by atoms with Crippen molar-refractivity contribution in [2.24, 2.45) is 0 Å². The summed E-state index contributed by atoms with van der Waals surface area (Å²) in [6, 6.07) is 9.59. The van der Waals surface area contributed by atoms with Gasteiger partial charge in [-0.05, 0) is 62.9 Å². The summed E-state index contributed by atoms with van der Waals surface area (Å²) >= 11 is 0. The smallest absolute Gasteiger partial charge is 0.338 e. The highest BCUT2D eigenvalue weighted by atomic mass is 32.2. The molecule has 0 saturated carbocycles. The van der Waals surface area contributed by atoms with Gasteiger partial charge in [0.25, 0.3) is 0 Å². The SMILES string of the molecule is Cc1cc(C)c(C(=O)COC(=O)c2cccc(S(=O)(=O)N3CCCC3)c2)c(C)c1. The number of carbonyl (C=O) groups excluding carboxylic acids is 2. The summed E-state index contributed by atoms with van der Waals surface area (Å²) in [6.45, 7) is 6.23. The second-order valence-electron chi connectivity index (χ2n) is 7.41. The first kappa shape index (κ1) is 21.2. The van der Waals surface area contributed by atoms with Gasteiger partial charge in [0.2, 0.25) is 15.8 Å². The average molecular weight is 416 g/mol. The lowest BCUT2D eigenvalue weighted by Gasteiger charge is -2.16. The number of benzene rings is 2. The molecule has 0 bridgehead atoms. The minimum absolute atomic E-state index is 0.0606. The third-order valence-corrected chi connectivity index (χ3v) is 6.96. The zero-order valence-corrected chi connectivity index (χ0v) is 17.7. The Kier molecular flexibility index (Phi) is 6.19. The van der Waals surface area contributed by atoms with Crippen molar-refractivity contribution in [2.75, 3.05) is 19.7 Å². The van der Waals surface area contributed by atoms with Gasteiger partial charge in [-0.15, -0.1) is 0 Å². The van der Waals surface area contributed by atoms with Crippen LogP contribution in [-0.2, 0) is 14.8 Å². The number of ether oxygens (including phenoxy) is 1. The van der Waals surface area contributed by atoms with E-state index in [1.165, 1.54) is 28.6 Å². The molecule has 6 nitrogen and oxygen atoms in total. The maximum Gasteiger partial charge on any atom is 0.338 e. The molecule has 1 aliphatic rings. The Hall–Kier alpha value is -2.51. The largest absolute Gasteiger partial charge is 0.454 e. The molecule has 2 aromatic rings. The number of sulfonamides is 1. The molecule has 0 spiro atoms. The fourth-order valence-electron chi connectivity index (χ4n) is 3.77. The van der Waals surface area contributed by atoms with Crippen molar-refractivity contribution in [3.8, 4) is 0 Å². The highest BCUT2D eigenvalue weighted by Gasteiger charge is 2.28. The van der Waals surface area contributed by atoms with Crippen molar-refractivity contribution >= 4 is 21.8 Å². The number of aryl methyl sites for hydroxylation is 3. The van der Waals surface area contributed by atoms with E-state index in [2.05, 4.69) is 0 Å². The van der Waals surface area contributed by atoms with Crippen LogP contribution in [0.5, 0.6) is 0 Å². The van der Waals surface area contributed by atoms with Crippen LogP contribution >= 0.6 is 0 Å². The molecule has 0 amide bonds. The Balaban J connectivity index is 1.73. The Morgan fingerprint density at radius 2 is 1.62 bits per heavy atom. The maximum absolute atomic E-state index is 12.7. The lowest BCUT2D eigenvalue weighted by molar-refractivity contribution is 0.0474. The fourth-order valence-corrected chi connectivity index (χ4v) is 5.33. The van der Waals surface area contributed by atoms with Crippen LogP contribution < -0.4 is 0 Å². The molecule has 7 heteroatoms. The summed E-state index contributed by atoms with van der Waals surface area (Å²) in [5.41, 5.74) is 3.39. The normalized spacial score (nSPS) is 14.7. The van der Waals surface area contributed by atoms with Crippen molar-refractivity contribution in [1.82, 2.24) is 4.31 Å². The molecule has 3 rings (SSSR count). The number of hydrogen-bond donors (Lipinski definition) is 0. The molecule has 0 radical (unpaired) electrons. The van der Waals surface area contributed by atoms with Crippen molar-refractivity contribution in [3.63, 3.8) is 0 Å². The van der Waals surface area contributed by atoms with Crippen LogP contribution in [0.2, 0.25) is 0 Å². The van der Waals surface area contributed by atoms with Crippen molar-refractivity contribution in [3.05, 3.63) is 64.2 Å². The Bertz CT molecular complexity index is 1030. The van der Waals surface area contributed by atoms with Crippen LogP contribution in [0.1, 0.15) is 50.2 Å². The first-order valence-corrected chi connectivity index (χ1v) is 11.0. The molecule has 0 N–H and O–H groups in total. The van der Waals surface area contributed by atoms with E-state index in [0.29, 0.717) is 18.7 Å². The van der Waals surface area contributed by atoms with Gasteiger partial charge in [-0.1, -0.05) is 23.8 Å². The van der Waals surface area contributed by atoms with Gasteiger partial charge in [0, 0.05) is 18.7 Å². The first-order chi connectivity index (χ1) is 13.7. The van der Waals surface area contributed by atoms with Crippen LogP contribution in [0.4, 0.5) is 0 Å². The molecule has 1 aliphatic heterocycles. The number of Topliss-reactive ketones (excluding diaryl/α,β-unsaturated/α-hetero) is 1. The van der Waals surface area contributed by atoms with E-state index in [0.717, 1.165) is 29.5 Å². The van der Waals surface area contributed by atoms with E-state index < -0.39 is 22.6 Å². The predicted molar refractivity (Wildman–Crippen MR) is 110 cm³/mol. The highest BCUT2D eigenvalue weighted by molar-refractivity contribution is 7.89. The van der Waals surface area contributed by atoms with E-state index in [4.69, 9.17) is 4.74 Å². The number of esters is 1. The van der Waals surface area contributed by atoms with Crippen LogP contribution in [0, 0.1) is 20.8 Å². The van der Waals surface area contributed by atoms with E-state index >= 15 is 0 Å². The summed E-state index contributed by atoms with van der Waals surface area (Å²) in [6.07, 6.45) is 1.67. The molecule has 154 valence electrons. The Morgan fingerprint density at radius 3 is 2.24 bits per heavy atom. The van der Waals surface area contributed by atoms with E-state index in [9.17, 15) is 18.0 Å². The lowest BCUT2D eigenvalue weighted by atomic mass is 9.97. The van der Waals surface area contributed by atoms with Gasteiger partial charge < -0.3 is 4.74 Å². The number of rotatable bonds is 6. The molecular formula is C22H25NO5S. The highest BCUT2D eigenvalue weighted by Crippen LogP contribution is 2.22. The van der Waals surface area contributed by atoms with Gasteiger partial charge in [-0.3, -0.25) is 4.79 Å². The quantitative estimate of drug-likeness (QED) is 0.533. The first-order valence-electron chi connectivity index (χ1n) is 9.58. The molecule has 29 heavy (non-hydrogen) atoms. The van der Waals surface area contributed by atoms with E-state index in [1.807, 2.05) is 32.9 Å². The molecule has 0 aliphatic carbocycles. The van der Waals surface area contributed by atoms with Gasteiger partial charge in [0.15, 0.2) is 6.61 Å². The maximum atomic E-state index is 12.7. The lowest BCUT2D eigenvalue weighted by Crippen LogP contribution is -2.28. The third kappa shape index (κ3) is 4.57. The molecule has 1 fully saturated rings. The van der Waals surface area contributed by atoms with Crippen LogP contribution in [0.15, 0.2) is 41.3 Å². The molecule has 0 atom stereocenters. The zero-order chi connectivity index (χ0) is 21.2.